The summed E-state index contributed by atoms with van der Waals surface area (Å²) in [7, 11) is 3.23. The topological polar surface area (TPSA) is 56.6 Å². The highest BCUT2D eigenvalue weighted by molar-refractivity contribution is 5.77. The van der Waals surface area contributed by atoms with Crippen molar-refractivity contribution in [3.63, 3.8) is 0 Å². The molecular formula is C10H13N3O2. The molecule has 0 aliphatic carbocycles. The number of aromatic nitrogens is 2. The third-order valence-electron chi connectivity index (χ3n) is 2.39. The van der Waals surface area contributed by atoms with Gasteiger partial charge in [0.25, 0.3) is 0 Å². The van der Waals surface area contributed by atoms with Crippen molar-refractivity contribution < 1.29 is 9.47 Å². The van der Waals surface area contributed by atoms with Crippen LogP contribution in [0.5, 0.6) is 0 Å². The summed E-state index contributed by atoms with van der Waals surface area (Å²) in [6.45, 7) is 0. The maximum absolute atomic E-state index is 5.28. The van der Waals surface area contributed by atoms with Crippen LogP contribution in [-0.4, -0.2) is 30.1 Å². The zero-order valence-electron chi connectivity index (χ0n) is 8.80. The lowest BCUT2D eigenvalue weighted by Crippen LogP contribution is -2.04. The van der Waals surface area contributed by atoms with E-state index in [1.165, 1.54) is 0 Å². The van der Waals surface area contributed by atoms with Crippen LogP contribution in [0.3, 0.4) is 0 Å². The molecule has 0 fully saturated rings. The molecule has 2 rings (SSSR count). The Hall–Kier alpha value is -1.49. The molecule has 1 aromatic heterocycles. The van der Waals surface area contributed by atoms with E-state index in [2.05, 4.69) is 15.0 Å². The molecule has 0 amide bonds. The minimum atomic E-state index is -0.348. The Kier molecular flexibility index (Phi) is 2.91. The van der Waals surface area contributed by atoms with Crippen molar-refractivity contribution in [3.8, 4) is 0 Å². The van der Waals surface area contributed by atoms with E-state index in [0.29, 0.717) is 5.90 Å². The smallest absolute Gasteiger partial charge is 0.186 e. The summed E-state index contributed by atoms with van der Waals surface area (Å²) >= 11 is 0. The number of nitrogens with zero attached hydrogens (tertiary/aromatic N) is 3. The van der Waals surface area contributed by atoms with E-state index in [1.807, 2.05) is 0 Å². The molecule has 1 aromatic rings. The Morgan fingerprint density at radius 1 is 1.33 bits per heavy atom. The first-order valence-corrected chi connectivity index (χ1v) is 4.77. The quantitative estimate of drug-likeness (QED) is 0.692. The number of rotatable bonds is 1. The van der Waals surface area contributed by atoms with Crippen molar-refractivity contribution in [2.45, 2.75) is 19.1 Å². The molecule has 0 saturated heterocycles. The number of methoxy groups -OCH3 is 2. The van der Waals surface area contributed by atoms with Crippen molar-refractivity contribution in [1.82, 2.24) is 9.97 Å². The van der Waals surface area contributed by atoms with Crippen molar-refractivity contribution in [1.29, 1.82) is 0 Å². The number of fused-ring (bicyclic) bond motifs is 1. The molecule has 5 heteroatoms. The van der Waals surface area contributed by atoms with Crippen LogP contribution in [-0.2, 0) is 15.9 Å². The van der Waals surface area contributed by atoms with Crippen LogP contribution in [0.15, 0.2) is 17.5 Å². The van der Waals surface area contributed by atoms with Gasteiger partial charge in [0.2, 0.25) is 0 Å². The average Bonchev–Trinajstić information content (AvgIpc) is 2.48. The fourth-order valence-corrected chi connectivity index (χ4v) is 1.61. The molecule has 2 heterocycles. The lowest BCUT2D eigenvalue weighted by atomic mass is 10.1. The molecule has 1 aliphatic rings. The lowest BCUT2D eigenvalue weighted by molar-refractivity contribution is 0.108. The predicted octanol–water partition coefficient (Wildman–Crippen LogP) is 1.11. The van der Waals surface area contributed by atoms with Gasteiger partial charge in [0.1, 0.15) is 6.33 Å². The van der Waals surface area contributed by atoms with Gasteiger partial charge in [-0.15, -0.1) is 0 Å². The zero-order chi connectivity index (χ0) is 10.7. The molecule has 0 radical (unpaired) electrons. The van der Waals surface area contributed by atoms with Gasteiger partial charge in [-0.3, -0.25) is 0 Å². The molecule has 0 bridgehead atoms. The van der Waals surface area contributed by atoms with Gasteiger partial charge in [-0.05, 0) is 6.42 Å². The first kappa shape index (κ1) is 10.0. The SMILES string of the molecule is COC1=NC(OC)c2cncnc2CC1. The van der Waals surface area contributed by atoms with Gasteiger partial charge in [-0.25, -0.2) is 15.0 Å². The summed E-state index contributed by atoms with van der Waals surface area (Å²) < 4.78 is 10.4. The van der Waals surface area contributed by atoms with Crippen molar-refractivity contribution in [2.75, 3.05) is 14.2 Å². The van der Waals surface area contributed by atoms with Crippen molar-refractivity contribution in [3.05, 3.63) is 23.8 Å². The van der Waals surface area contributed by atoms with Crippen LogP contribution in [0, 0.1) is 0 Å². The average molecular weight is 207 g/mol. The third-order valence-corrected chi connectivity index (χ3v) is 2.39. The lowest BCUT2D eigenvalue weighted by Gasteiger charge is -2.11. The van der Waals surface area contributed by atoms with E-state index >= 15 is 0 Å². The van der Waals surface area contributed by atoms with E-state index < -0.39 is 0 Å². The van der Waals surface area contributed by atoms with Gasteiger partial charge in [-0.1, -0.05) is 0 Å². The molecule has 0 aromatic carbocycles. The first-order chi connectivity index (χ1) is 7.35. The molecular weight excluding hydrogens is 194 g/mol. The first-order valence-electron chi connectivity index (χ1n) is 4.77. The Bertz CT molecular complexity index is 379. The number of aliphatic imine (C=N–C) groups is 1. The number of hydrogen-bond donors (Lipinski definition) is 0. The van der Waals surface area contributed by atoms with Gasteiger partial charge in [0.05, 0.1) is 12.8 Å². The van der Waals surface area contributed by atoms with Gasteiger partial charge < -0.3 is 9.47 Å². The largest absolute Gasteiger partial charge is 0.484 e. The molecule has 0 spiro atoms. The standard InChI is InChI=1S/C10H13N3O2/c1-14-9-4-3-8-7(5-11-6-12-8)10(13-9)15-2/h5-6,10H,3-4H2,1-2H3. The predicted molar refractivity (Wildman–Crippen MR) is 54.5 cm³/mol. The minimum Gasteiger partial charge on any atom is -0.484 e. The molecule has 1 atom stereocenters. The van der Waals surface area contributed by atoms with Crippen LogP contribution >= 0.6 is 0 Å². The molecule has 0 saturated carbocycles. The molecule has 1 unspecified atom stereocenters. The Morgan fingerprint density at radius 2 is 2.20 bits per heavy atom. The van der Waals surface area contributed by atoms with Crippen LogP contribution < -0.4 is 0 Å². The van der Waals surface area contributed by atoms with E-state index in [0.717, 1.165) is 24.1 Å². The van der Waals surface area contributed by atoms with E-state index in [-0.39, 0.29) is 6.23 Å². The second-order valence-electron chi connectivity index (χ2n) is 3.24. The van der Waals surface area contributed by atoms with Gasteiger partial charge in [0, 0.05) is 25.3 Å². The van der Waals surface area contributed by atoms with Crippen molar-refractivity contribution in [2.24, 2.45) is 4.99 Å². The fraction of sp³-hybridized carbons (Fsp3) is 0.500. The number of ether oxygens (including phenoxy) is 2. The number of aryl methyl sites for hydroxylation is 1. The van der Waals surface area contributed by atoms with Crippen LogP contribution in [0.1, 0.15) is 23.9 Å². The zero-order valence-corrected chi connectivity index (χ0v) is 8.80. The van der Waals surface area contributed by atoms with Crippen molar-refractivity contribution >= 4 is 5.90 Å². The maximum atomic E-state index is 5.28. The minimum absolute atomic E-state index is 0.348. The van der Waals surface area contributed by atoms with Crippen LogP contribution in [0.25, 0.3) is 0 Å². The summed E-state index contributed by atoms with van der Waals surface area (Å²) in [6, 6.07) is 0. The number of hydrogen-bond acceptors (Lipinski definition) is 5. The molecule has 1 aliphatic heterocycles. The summed E-state index contributed by atoms with van der Waals surface area (Å²) in [5.74, 6) is 0.694. The second kappa shape index (κ2) is 4.35. The van der Waals surface area contributed by atoms with Crippen LogP contribution in [0.2, 0.25) is 0 Å². The highest BCUT2D eigenvalue weighted by Crippen LogP contribution is 2.24. The molecule has 0 N–H and O–H groups in total. The maximum Gasteiger partial charge on any atom is 0.186 e. The summed E-state index contributed by atoms with van der Waals surface area (Å²) in [4.78, 5) is 12.6. The molecule has 80 valence electrons. The van der Waals surface area contributed by atoms with E-state index in [1.54, 1.807) is 26.7 Å². The van der Waals surface area contributed by atoms with Gasteiger partial charge in [-0.2, -0.15) is 0 Å². The van der Waals surface area contributed by atoms with E-state index in [4.69, 9.17) is 9.47 Å². The Balaban J connectivity index is 2.39. The Morgan fingerprint density at radius 3 is 2.93 bits per heavy atom. The highest BCUT2D eigenvalue weighted by atomic mass is 16.5. The fourth-order valence-electron chi connectivity index (χ4n) is 1.61. The molecule has 5 nitrogen and oxygen atoms in total. The van der Waals surface area contributed by atoms with Gasteiger partial charge in [0.15, 0.2) is 12.1 Å². The Labute approximate surface area is 88.2 Å². The molecule has 15 heavy (non-hydrogen) atoms. The van der Waals surface area contributed by atoms with Gasteiger partial charge >= 0.3 is 0 Å². The third kappa shape index (κ3) is 1.97. The monoisotopic (exact) mass is 207 g/mol. The van der Waals surface area contributed by atoms with E-state index in [9.17, 15) is 0 Å². The summed E-state index contributed by atoms with van der Waals surface area (Å²) in [5, 5.41) is 0. The second-order valence-corrected chi connectivity index (χ2v) is 3.24. The highest BCUT2D eigenvalue weighted by Gasteiger charge is 2.20. The normalized spacial score (nSPS) is 20.1. The summed E-state index contributed by atoms with van der Waals surface area (Å²) in [5.41, 5.74) is 1.90. The van der Waals surface area contributed by atoms with Crippen LogP contribution in [0.4, 0.5) is 0 Å². The summed E-state index contributed by atoms with van der Waals surface area (Å²) in [6.07, 6.45) is 4.51.